The normalized spacial score (nSPS) is 17.4. The van der Waals surface area contributed by atoms with Crippen LogP contribution in [0.2, 0.25) is 0 Å². The quantitative estimate of drug-likeness (QED) is 0.605. The fourth-order valence-electron chi connectivity index (χ4n) is 2.67. The Morgan fingerprint density at radius 2 is 1.47 bits per heavy atom. The van der Waals surface area contributed by atoms with E-state index in [4.69, 9.17) is 5.73 Å². The Bertz CT molecular complexity index is 131. The Kier molecular flexibility index (Phi) is 9.18. The first kappa shape index (κ1) is 15.0. The molecule has 0 aromatic heterocycles. The fourth-order valence-corrected chi connectivity index (χ4v) is 2.67. The molecule has 0 saturated heterocycles. The van der Waals surface area contributed by atoms with Crippen LogP contribution in [0.1, 0.15) is 72.6 Å². The van der Waals surface area contributed by atoms with E-state index in [-0.39, 0.29) is 0 Å². The molecule has 2 unspecified atom stereocenters. The highest BCUT2D eigenvalue weighted by Gasteiger charge is 2.22. The molecule has 3 atom stereocenters. The molecule has 0 radical (unpaired) electrons. The minimum atomic E-state index is 0.373. The maximum atomic E-state index is 6.13. The van der Waals surface area contributed by atoms with E-state index in [1.54, 1.807) is 0 Å². The molecule has 1 nitrogen and oxygen atoms in total. The van der Waals surface area contributed by atoms with E-state index in [0.717, 1.165) is 11.8 Å². The molecule has 15 heavy (non-hydrogen) atoms. The van der Waals surface area contributed by atoms with Gasteiger partial charge >= 0.3 is 0 Å². The van der Waals surface area contributed by atoms with Gasteiger partial charge in [0.05, 0.1) is 0 Å². The van der Waals surface area contributed by atoms with Crippen molar-refractivity contribution >= 4 is 0 Å². The SMILES string of the molecule is CCCC[C@H](CCC)C(CCC)C(C)N. The average molecular weight is 213 g/mol. The first-order valence-corrected chi connectivity index (χ1v) is 6.92. The molecular weight excluding hydrogens is 182 g/mol. The minimum absolute atomic E-state index is 0.373. The van der Waals surface area contributed by atoms with E-state index in [2.05, 4.69) is 27.7 Å². The molecule has 0 spiro atoms. The second-order valence-corrected chi connectivity index (χ2v) is 5.00. The van der Waals surface area contributed by atoms with Crippen molar-refractivity contribution in [2.75, 3.05) is 0 Å². The lowest BCUT2D eigenvalue weighted by molar-refractivity contribution is 0.236. The summed E-state index contributed by atoms with van der Waals surface area (Å²) >= 11 is 0. The van der Waals surface area contributed by atoms with Gasteiger partial charge in [0.15, 0.2) is 0 Å². The summed E-state index contributed by atoms with van der Waals surface area (Å²) in [6.07, 6.45) is 9.34. The fraction of sp³-hybridized carbons (Fsp3) is 1.00. The molecule has 0 fully saturated rings. The molecule has 92 valence electrons. The summed E-state index contributed by atoms with van der Waals surface area (Å²) < 4.78 is 0. The van der Waals surface area contributed by atoms with E-state index in [1.807, 2.05) is 0 Å². The summed E-state index contributed by atoms with van der Waals surface area (Å²) in [5, 5.41) is 0. The highest BCUT2D eigenvalue weighted by Crippen LogP contribution is 2.29. The maximum Gasteiger partial charge on any atom is 0.00414 e. The van der Waals surface area contributed by atoms with Crippen LogP contribution in [0, 0.1) is 11.8 Å². The summed E-state index contributed by atoms with van der Waals surface area (Å²) in [6, 6.07) is 0.373. The molecule has 0 rings (SSSR count). The standard InChI is InChI=1S/C14H31N/c1-5-8-11-13(9-6-2)14(10-7-3)12(4)15/h12-14H,5-11,15H2,1-4H3/t12?,13-,14?/m0/s1. The highest BCUT2D eigenvalue weighted by molar-refractivity contribution is 4.76. The summed E-state index contributed by atoms with van der Waals surface area (Å²) in [5.41, 5.74) is 6.13. The largest absolute Gasteiger partial charge is 0.328 e. The Morgan fingerprint density at radius 1 is 0.867 bits per heavy atom. The van der Waals surface area contributed by atoms with E-state index < -0.39 is 0 Å². The molecule has 0 aromatic carbocycles. The second kappa shape index (κ2) is 9.21. The third-order valence-corrected chi connectivity index (χ3v) is 3.49. The van der Waals surface area contributed by atoms with Crippen molar-refractivity contribution in [2.24, 2.45) is 17.6 Å². The zero-order valence-electron chi connectivity index (χ0n) is 11.3. The van der Waals surface area contributed by atoms with Gasteiger partial charge in [0.1, 0.15) is 0 Å². The number of hydrogen-bond acceptors (Lipinski definition) is 1. The zero-order chi connectivity index (χ0) is 11.7. The molecule has 0 aliphatic carbocycles. The van der Waals surface area contributed by atoms with Crippen molar-refractivity contribution in [3.63, 3.8) is 0 Å². The summed E-state index contributed by atoms with van der Waals surface area (Å²) in [7, 11) is 0. The highest BCUT2D eigenvalue weighted by atomic mass is 14.6. The number of nitrogens with two attached hydrogens (primary N) is 1. The van der Waals surface area contributed by atoms with Gasteiger partial charge in [-0.15, -0.1) is 0 Å². The number of hydrogen-bond donors (Lipinski definition) is 1. The number of rotatable bonds is 9. The molecule has 0 aromatic rings. The van der Waals surface area contributed by atoms with Gasteiger partial charge in [-0.2, -0.15) is 0 Å². The predicted octanol–water partition coefficient (Wildman–Crippen LogP) is 4.36. The van der Waals surface area contributed by atoms with Crippen LogP contribution in [0.3, 0.4) is 0 Å². The lowest BCUT2D eigenvalue weighted by Gasteiger charge is -2.30. The van der Waals surface area contributed by atoms with Crippen LogP contribution in [0.25, 0.3) is 0 Å². The van der Waals surface area contributed by atoms with Gasteiger partial charge in [-0.1, -0.05) is 59.3 Å². The number of unbranched alkanes of at least 4 members (excludes halogenated alkanes) is 1. The van der Waals surface area contributed by atoms with E-state index in [1.165, 1.54) is 44.9 Å². The van der Waals surface area contributed by atoms with Crippen molar-refractivity contribution in [3.8, 4) is 0 Å². The van der Waals surface area contributed by atoms with Crippen LogP contribution >= 0.6 is 0 Å². The van der Waals surface area contributed by atoms with Crippen molar-refractivity contribution in [1.29, 1.82) is 0 Å². The Balaban J connectivity index is 4.23. The van der Waals surface area contributed by atoms with Gasteiger partial charge in [-0.25, -0.2) is 0 Å². The lowest BCUT2D eigenvalue weighted by atomic mass is 9.78. The topological polar surface area (TPSA) is 26.0 Å². The lowest BCUT2D eigenvalue weighted by Crippen LogP contribution is -2.32. The summed E-state index contributed by atoms with van der Waals surface area (Å²) in [6.45, 7) is 9.04. The molecular formula is C14H31N. The molecule has 0 heterocycles. The summed E-state index contributed by atoms with van der Waals surface area (Å²) in [4.78, 5) is 0. The average Bonchev–Trinajstić information content (AvgIpc) is 2.21. The van der Waals surface area contributed by atoms with Gasteiger partial charge in [0, 0.05) is 6.04 Å². The van der Waals surface area contributed by atoms with Crippen LogP contribution < -0.4 is 5.73 Å². The van der Waals surface area contributed by atoms with E-state index in [0.29, 0.717) is 6.04 Å². The van der Waals surface area contributed by atoms with Gasteiger partial charge < -0.3 is 5.73 Å². The van der Waals surface area contributed by atoms with Gasteiger partial charge in [0.25, 0.3) is 0 Å². The zero-order valence-corrected chi connectivity index (χ0v) is 11.3. The van der Waals surface area contributed by atoms with Crippen molar-refractivity contribution < 1.29 is 0 Å². The van der Waals surface area contributed by atoms with Gasteiger partial charge in [-0.3, -0.25) is 0 Å². The Labute approximate surface area is 96.8 Å². The second-order valence-electron chi connectivity index (χ2n) is 5.00. The third-order valence-electron chi connectivity index (χ3n) is 3.49. The van der Waals surface area contributed by atoms with Crippen LogP contribution in [-0.2, 0) is 0 Å². The molecule has 0 bridgehead atoms. The molecule has 1 heteroatoms. The molecule has 0 aliphatic rings. The van der Waals surface area contributed by atoms with Gasteiger partial charge in [0.2, 0.25) is 0 Å². The molecule has 0 aliphatic heterocycles. The van der Waals surface area contributed by atoms with Gasteiger partial charge in [-0.05, 0) is 25.2 Å². The van der Waals surface area contributed by atoms with Crippen molar-refractivity contribution in [1.82, 2.24) is 0 Å². The van der Waals surface area contributed by atoms with E-state index >= 15 is 0 Å². The summed E-state index contributed by atoms with van der Waals surface area (Å²) in [5.74, 6) is 1.62. The first-order valence-electron chi connectivity index (χ1n) is 6.92. The first-order chi connectivity index (χ1) is 7.17. The molecule has 0 amide bonds. The van der Waals surface area contributed by atoms with E-state index in [9.17, 15) is 0 Å². The molecule has 0 saturated carbocycles. The van der Waals surface area contributed by atoms with Crippen LogP contribution in [0.15, 0.2) is 0 Å². The smallest absolute Gasteiger partial charge is 0.00414 e. The van der Waals surface area contributed by atoms with Crippen molar-refractivity contribution in [2.45, 2.75) is 78.7 Å². The third kappa shape index (κ3) is 6.19. The minimum Gasteiger partial charge on any atom is -0.328 e. The maximum absolute atomic E-state index is 6.13. The predicted molar refractivity (Wildman–Crippen MR) is 70.0 cm³/mol. The van der Waals surface area contributed by atoms with Crippen LogP contribution in [0.4, 0.5) is 0 Å². The van der Waals surface area contributed by atoms with Crippen LogP contribution in [-0.4, -0.2) is 6.04 Å². The Morgan fingerprint density at radius 3 is 1.87 bits per heavy atom. The monoisotopic (exact) mass is 213 g/mol. The Hall–Kier alpha value is -0.0400. The molecule has 2 N–H and O–H groups in total. The van der Waals surface area contributed by atoms with Crippen molar-refractivity contribution in [3.05, 3.63) is 0 Å². The van der Waals surface area contributed by atoms with Crippen LogP contribution in [0.5, 0.6) is 0 Å².